The Kier molecular flexibility index (Phi) is 2.23. The van der Waals surface area contributed by atoms with Crippen LogP contribution in [0.4, 0.5) is 0 Å². The van der Waals surface area contributed by atoms with E-state index in [9.17, 15) is 0 Å². The van der Waals surface area contributed by atoms with Gasteiger partial charge in [0.25, 0.3) is 0 Å². The first-order valence-corrected chi connectivity index (χ1v) is 2.99. The van der Waals surface area contributed by atoms with Crippen molar-refractivity contribution < 1.29 is 5.21 Å². The smallest absolute Gasteiger partial charge is 0.129 e. The van der Waals surface area contributed by atoms with Crippen LogP contribution in [-0.4, -0.2) is 16.4 Å². The topological polar surface area (TPSA) is 45.5 Å². The molecule has 4 heteroatoms. The molecule has 0 aliphatic heterocycles. The van der Waals surface area contributed by atoms with Gasteiger partial charge in [0, 0.05) is 11.8 Å². The van der Waals surface area contributed by atoms with Crippen molar-refractivity contribution in [3.05, 3.63) is 29.0 Å². The monoisotopic (exact) mass is 156 g/mol. The van der Waals surface area contributed by atoms with Crippen LogP contribution in [0.2, 0.25) is 5.15 Å². The summed E-state index contributed by atoms with van der Waals surface area (Å²) in [5.41, 5.74) is 0.715. The van der Waals surface area contributed by atoms with Crippen molar-refractivity contribution in [3.8, 4) is 0 Å². The number of halogens is 1. The largest absolute Gasteiger partial charge is 0.411 e. The fraction of sp³-hybridized carbons (Fsp3) is 0. The number of rotatable bonds is 1. The molecule has 10 heavy (non-hydrogen) atoms. The van der Waals surface area contributed by atoms with Crippen LogP contribution >= 0.6 is 11.6 Å². The van der Waals surface area contributed by atoms with E-state index in [1.807, 2.05) is 0 Å². The molecular weight excluding hydrogens is 152 g/mol. The summed E-state index contributed by atoms with van der Waals surface area (Å²) in [6.45, 7) is 0. The highest BCUT2D eigenvalue weighted by molar-refractivity contribution is 6.29. The first-order chi connectivity index (χ1) is 4.83. The molecule has 0 atom stereocenters. The quantitative estimate of drug-likeness (QED) is 0.290. The summed E-state index contributed by atoms with van der Waals surface area (Å²) in [7, 11) is 0. The summed E-state index contributed by atoms with van der Waals surface area (Å²) in [6.07, 6.45) is 2.80. The fourth-order valence-corrected chi connectivity index (χ4v) is 0.642. The second-order valence-electron chi connectivity index (χ2n) is 1.66. The summed E-state index contributed by atoms with van der Waals surface area (Å²) in [4.78, 5) is 3.76. The molecule has 0 fully saturated rings. The predicted octanol–water partition coefficient (Wildman–Crippen LogP) is 1.54. The Morgan fingerprint density at radius 3 is 2.90 bits per heavy atom. The van der Waals surface area contributed by atoms with E-state index in [1.54, 1.807) is 12.1 Å². The highest BCUT2D eigenvalue weighted by Gasteiger charge is 1.87. The lowest BCUT2D eigenvalue weighted by molar-refractivity contribution is 0.322. The average molecular weight is 157 g/mol. The molecule has 0 aliphatic rings. The van der Waals surface area contributed by atoms with Gasteiger partial charge in [-0.05, 0) is 12.1 Å². The second kappa shape index (κ2) is 3.17. The van der Waals surface area contributed by atoms with Crippen molar-refractivity contribution in [1.82, 2.24) is 4.98 Å². The van der Waals surface area contributed by atoms with Gasteiger partial charge in [0.05, 0.1) is 6.21 Å². The van der Waals surface area contributed by atoms with E-state index < -0.39 is 0 Å². The Morgan fingerprint density at radius 2 is 2.40 bits per heavy atom. The van der Waals surface area contributed by atoms with Crippen LogP contribution < -0.4 is 0 Å². The molecule has 1 N–H and O–H groups in total. The van der Waals surface area contributed by atoms with Gasteiger partial charge in [-0.1, -0.05) is 16.8 Å². The van der Waals surface area contributed by atoms with Crippen molar-refractivity contribution in [3.63, 3.8) is 0 Å². The van der Waals surface area contributed by atoms with Crippen molar-refractivity contribution >= 4 is 17.8 Å². The van der Waals surface area contributed by atoms with Gasteiger partial charge in [0.2, 0.25) is 0 Å². The lowest BCUT2D eigenvalue weighted by Gasteiger charge is -1.88. The van der Waals surface area contributed by atoms with E-state index >= 15 is 0 Å². The zero-order valence-corrected chi connectivity index (χ0v) is 5.78. The molecule has 0 radical (unpaired) electrons. The Hall–Kier alpha value is -1.09. The van der Waals surface area contributed by atoms with Crippen LogP contribution in [0.3, 0.4) is 0 Å². The van der Waals surface area contributed by atoms with Crippen LogP contribution in [-0.2, 0) is 0 Å². The number of nitrogens with zero attached hydrogens (tertiary/aromatic N) is 2. The van der Waals surface area contributed by atoms with Crippen molar-refractivity contribution in [2.45, 2.75) is 0 Å². The number of oxime groups is 1. The second-order valence-corrected chi connectivity index (χ2v) is 2.05. The Bertz CT molecular complexity index is 232. The zero-order chi connectivity index (χ0) is 7.40. The van der Waals surface area contributed by atoms with Crippen LogP contribution in [0.25, 0.3) is 0 Å². The summed E-state index contributed by atoms with van der Waals surface area (Å²) < 4.78 is 0. The number of hydrogen-bond donors (Lipinski definition) is 1. The summed E-state index contributed by atoms with van der Waals surface area (Å²) in [5.74, 6) is 0. The molecule has 52 valence electrons. The summed E-state index contributed by atoms with van der Waals surface area (Å²) in [6, 6.07) is 3.33. The van der Waals surface area contributed by atoms with E-state index in [0.717, 1.165) is 0 Å². The van der Waals surface area contributed by atoms with Gasteiger partial charge in [-0.15, -0.1) is 0 Å². The van der Waals surface area contributed by atoms with Crippen LogP contribution in [0.15, 0.2) is 23.5 Å². The van der Waals surface area contributed by atoms with Crippen LogP contribution in [0, 0.1) is 0 Å². The van der Waals surface area contributed by atoms with E-state index in [1.165, 1.54) is 12.4 Å². The number of hydrogen-bond acceptors (Lipinski definition) is 3. The van der Waals surface area contributed by atoms with Crippen LogP contribution in [0.5, 0.6) is 0 Å². The summed E-state index contributed by atoms with van der Waals surface area (Å²) >= 11 is 5.49. The highest BCUT2D eigenvalue weighted by Crippen LogP contribution is 2.02. The maximum Gasteiger partial charge on any atom is 0.129 e. The molecular formula is C6H5ClN2O. The van der Waals surface area contributed by atoms with Gasteiger partial charge >= 0.3 is 0 Å². The minimum Gasteiger partial charge on any atom is -0.411 e. The van der Waals surface area contributed by atoms with Crippen molar-refractivity contribution in [2.24, 2.45) is 5.16 Å². The van der Waals surface area contributed by atoms with Gasteiger partial charge < -0.3 is 5.21 Å². The third kappa shape index (κ3) is 1.70. The van der Waals surface area contributed by atoms with Gasteiger partial charge in [-0.2, -0.15) is 0 Å². The molecule has 0 bridgehead atoms. The minimum atomic E-state index is 0.426. The average Bonchev–Trinajstić information content (AvgIpc) is 1.95. The molecule has 1 aromatic heterocycles. The van der Waals surface area contributed by atoms with Gasteiger partial charge in [0.1, 0.15) is 5.15 Å². The van der Waals surface area contributed by atoms with Crippen molar-refractivity contribution in [2.75, 3.05) is 0 Å². The molecule has 0 amide bonds. The minimum absolute atomic E-state index is 0.426. The first kappa shape index (κ1) is 7.02. The number of pyridine rings is 1. The zero-order valence-electron chi connectivity index (χ0n) is 5.03. The molecule has 0 unspecified atom stereocenters. The van der Waals surface area contributed by atoms with Gasteiger partial charge in [0.15, 0.2) is 0 Å². The predicted molar refractivity (Wildman–Crippen MR) is 38.6 cm³/mol. The van der Waals surface area contributed by atoms with E-state index in [4.69, 9.17) is 16.8 Å². The SMILES string of the molecule is O/N=C\c1ccc(Cl)nc1. The van der Waals surface area contributed by atoms with Gasteiger partial charge in [-0.3, -0.25) is 0 Å². The normalized spacial score (nSPS) is 10.5. The highest BCUT2D eigenvalue weighted by atomic mass is 35.5. The van der Waals surface area contributed by atoms with Crippen LogP contribution in [0.1, 0.15) is 5.56 Å². The first-order valence-electron chi connectivity index (χ1n) is 2.62. The number of aromatic nitrogens is 1. The molecule has 1 rings (SSSR count). The molecule has 1 heterocycles. The molecule has 0 saturated carbocycles. The fourth-order valence-electron chi connectivity index (χ4n) is 0.530. The lowest BCUT2D eigenvalue weighted by Crippen LogP contribution is -1.81. The summed E-state index contributed by atoms with van der Waals surface area (Å²) in [5, 5.41) is 11.4. The Morgan fingerprint density at radius 1 is 1.60 bits per heavy atom. The third-order valence-corrected chi connectivity index (χ3v) is 1.18. The van der Waals surface area contributed by atoms with E-state index in [0.29, 0.717) is 10.7 Å². The van der Waals surface area contributed by atoms with E-state index in [2.05, 4.69) is 10.1 Å². The molecule has 0 aliphatic carbocycles. The molecule has 0 spiro atoms. The Balaban J connectivity index is 2.89. The maximum absolute atomic E-state index is 8.10. The molecule has 3 nitrogen and oxygen atoms in total. The lowest BCUT2D eigenvalue weighted by atomic mass is 10.3. The molecule has 0 saturated heterocycles. The standard InChI is InChI=1S/C6H5ClN2O/c7-6-2-1-5(3-8-6)4-9-10/h1-4,10H/b9-4-. The van der Waals surface area contributed by atoms with Crippen molar-refractivity contribution in [1.29, 1.82) is 0 Å². The van der Waals surface area contributed by atoms with Gasteiger partial charge in [-0.25, -0.2) is 4.98 Å². The third-order valence-electron chi connectivity index (χ3n) is 0.957. The Labute approximate surface area is 63.0 Å². The maximum atomic E-state index is 8.10. The molecule has 1 aromatic rings. The molecule has 0 aromatic carbocycles. The van der Waals surface area contributed by atoms with E-state index in [-0.39, 0.29) is 0 Å².